The van der Waals surface area contributed by atoms with E-state index in [1.165, 1.54) is 25.7 Å². The Morgan fingerprint density at radius 1 is 1.39 bits per heavy atom. The van der Waals surface area contributed by atoms with E-state index in [4.69, 9.17) is 11.6 Å². The summed E-state index contributed by atoms with van der Waals surface area (Å²) in [5.74, 6) is 0.718. The van der Waals surface area contributed by atoms with Crippen molar-refractivity contribution < 1.29 is 5.11 Å². The number of nitrogens with one attached hydrogen (secondary N) is 1. The molecule has 1 aliphatic rings. The summed E-state index contributed by atoms with van der Waals surface area (Å²) in [6, 6.07) is 5.62. The highest BCUT2D eigenvalue weighted by molar-refractivity contribution is 9.10. The predicted octanol–water partition coefficient (Wildman–Crippen LogP) is 4.46. The fourth-order valence-electron chi connectivity index (χ4n) is 2.57. The molecule has 1 unspecified atom stereocenters. The summed E-state index contributed by atoms with van der Waals surface area (Å²) in [6.45, 7) is 0.594. The zero-order valence-electron chi connectivity index (χ0n) is 10.3. The Kier molecular flexibility index (Phi) is 5.34. The van der Waals surface area contributed by atoms with Crippen LogP contribution in [0.2, 0.25) is 5.02 Å². The minimum atomic E-state index is -0.268. The first-order valence-corrected chi connectivity index (χ1v) is 7.69. The van der Waals surface area contributed by atoms with Crippen LogP contribution in [0.1, 0.15) is 32.1 Å². The van der Waals surface area contributed by atoms with Gasteiger partial charge in [0.25, 0.3) is 0 Å². The normalized spacial score (nSPS) is 17.9. The topological polar surface area (TPSA) is 32.3 Å². The molecule has 1 aromatic rings. The summed E-state index contributed by atoms with van der Waals surface area (Å²) < 4.78 is 0.933. The summed E-state index contributed by atoms with van der Waals surface area (Å²) in [6.07, 6.45) is 5.86. The van der Waals surface area contributed by atoms with Crippen molar-refractivity contribution in [2.45, 2.75) is 38.2 Å². The third kappa shape index (κ3) is 4.15. The summed E-state index contributed by atoms with van der Waals surface area (Å²) in [5.41, 5.74) is 0.977. The van der Waals surface area contributed by atoms with Crippen LogP contribution >= 0.6 is 27.5 Å². The number of aliphatic hydroxyl groups is 1. The second kappa shape index (κ2) is 6.78. The number of rotatable bonds is 5. The molecule has 0 aliphatic heterocycles. The number of hydrogen-bond donors (Lipinski definition) is 2. The van der Waals surface area contributed by atoms with E-state index in [-0.39, 0.29) is 6.10 Å². The van der Waals surface area contributed by atoms with Crippen molar-refractivity contribution in [3.8, 4) is 0 Å². The lowest BCUT2D eigenvalue weighted by Crippen LogP contribution is -2.22. The molecule has 100 valence electrons. The zero-order valence-corrected chi connectivity index (χ0v) is 12.7. The maximum Gasteiger partial charge on any atom is 0.0715 e. The van der Waals surface area contributed by atoms with Crippen molar-refractivity contribution in [1.82, 2.24) is 0 Å². The standard InChI is InChI=1S/C14H19BrClNO/c15-13-8-11(16)5-6-14(13)17-9-12(18)7-10-3-1-2-4-10/h5-6,8,10,12,17-18H,1-4,7,9H2. The van der Waals surface area contributed by atoms with Crippen molar-refractivity contribution in [1.29, 1.82) is 0 Å². The van der Waals surface area contributed by atoms with Gasteiger partial charge in [-0.15, -0.1) is 0 Å². The van der Waals surface area contributed by atoms with E-state index in [2.05, 4.69) is 21.2 Å². The van der Waals surface area contributed by atoms with Gasteiger partial charge in [-0.2, -0.15) is 0 Å². The van der Waals surface area contributed by atoms with Crippen LogP contribution in [0.25, 0.3) is 0 Å². The van der Waals surface area contributed by atoms with Gasteiger partial charge in [0.15, 0.2) is 0 Å². The Labute approximate surface area is 122 Å². The lowest BCUT2D eigenvalue weighted by molar-refractivity contribution is 0.155. The average molecular weight is 333 g/mol. The number of halogens is 2. The van der Waals surface area contributed by atoms with E-state index in [0.717, 1.165) is 22.5 Å². The second-order valence-corrected chi connectivity index (χ2v) is 6.34. The molecule has 0 aromatic heterocycles. The molecule has 0 radical (unpaired) electrons. The molecule has 2 nitrogen and oxygen atoms in total. The summed E-state index contributed by atoms with van der Waals surface area (Å²) >= 11 is 9.34. The van der Waals surface area contributed by atoms with Gasteiger partial charge in [-0.25, -0.2) is 0 Å². The zero-order chi connectivity index (χ0) is 13.0. The van der Waals surface area contributed by atoms with Crippen LogP contribution in [0, 0.1) is 5.92 Å². The van der Waals surface area contributed by atoms with Crippen molar-refractivity contribution in [2.75, 3.05) is 11.9 Å². The lowest BCUT2D eigenvalue weighted by Gasteiger charge is -2.17. The smallest absolute Gasteiger partial charge is 0.0715 e. The third-order valence-electron chi connectivity index (χ3n) is 3.54. The van der Waals surface area contributed by atoms with E-state index in [1.807, 2.05) is 18.2 Å². The molecular weight excluding hydrogens is 314 g/mol. The minimum Gasteiger partial charge on any atom is -0.391 e. The number of anilines is 1. The highest BCUT2D eigenvalue weighted by Crippen LogP contribution is 2.29. The van der Waals surface area contributed by atoms with Gasteiger partial charge in [-0.3, -0.25) is 0 Å². The van der Waals surface area contributed by atoms with Crippen LogP contribution in [0.4, 0.5) is 5.69 Å². The first-order valence-electron chi connectivity index (χ1n) is 6.52. The second-order valence-electron chi connectivity index (χ2n) is 5.05. The Morgan fingerprint density at radius 2 is 2.11 bits per heavy atom. The Bertz CT molecular complexity index is 393. The van der Waals surface area contributed by atoms with Crippen LogP contribution in [-0.2, 0) is 0 Å². The van der Waals surface area contributed by atoms with Crippen LogP contribution in [0.15, 0.2) is 22.7 Å². The molecule has 0 amide bonds. The van der Waals surface area contributed by atoms with Crippen molar-refractivity contribution in [3.63, 3.8) is 0 Å². The molecule has 1 aliphatic carbocycles. The van der Waals surface area contributed by atoms with Crippen molar-refractivity contribution in [2.24, 2.45) is 5.92 Å². The number of aliphatic hydroxyl groups excluding tert-OH is 1. The van der Waals surface area contributed by atoms with Gasteiger partial charge in [0.2, 0.25) is 0 Å². The van der Waals surface area contributed by atoms with Crippen LogP contribution in [-0.4, -0.2) is 17.8 Å². The molecule has 0 bridgehead atoms. The molecule has 0 spiro atoms. The van der Waals surface area contributed by atoms with Crippen molar-refractivity contribution in [3.05, 3.63) is 27.7 Å². The van der Waals surface area contributed by atoms with Crippen molar-refractivity contribution >= 4 is 33.2 Å². The molecule has 18 heavy (non-hydrogen) atoms. The number of benzene rings is 1. The molecular formula is C14H19BrClNO. The fraction of sp³-hybridized carbons (Fsp3) is 0.571. The highest BCUT2D eigenvalue weighted by atomic mass is 79.9. The quantitative estimate of drug-likeness (QED) is 0.834. The third-order valence-corrected chi connectivity index (χ3v) is 4.43. The molecule has 1 aromatic carbocycles. The molecule has 2 N–H and O–H groups in total. The van der Waals surface area contributed by atoms with Gasteiger partial charge < -0.3 is 10.4 Å². The van der Waals surface area contributed by atoms with Crippen LogP contribution in [0.5, 0.6) is 0 Å². The maximum absolute atomic E-state index is 10.0. The van der Waals surface area contributed by atoms with E-state index < -0.39 is 0 Å². The molecule has 2 rings (SSSR count). The average Bonchev–Trinajstić information content (AvgIpc) is 2.80. The van der Waals surface area contributed by atoms with E-state index >= 15 is 0 Å². The summed E-state index contributed by atoms with van der Waals surface area (Å²) in [5, 5.41) is 14.0. The molecule has 0 heterocycles. The van der Waals surface area contributed by atoms with Gasteiger partial charge in [0.05, 0.1) is 6.10 Å². The largest absolute Gasteiger partial charge is 0.391 e. The van der Waals surface area contributed by atoms with Gasteiger partial charge in [-0.1, -0.05) is 37.3 Å². The lowest BCUT2D eigenvalue weighted by atomic mass is 10.00. The molecule has 0 saturated heterocycles. The summed E-state index contributed by atoms with van der Waals surface area (Å²) in [7, 11) is 0. The summed E-state index contributed by atoms with van der Waals surface area (Å²) in [4.78, 5) is 0. The first-order chi connectivity index (χ1) is 8.65. The molecule has 4 heteroatoms. The minimum absolute atomic E-state index is 0.268. The molecule has 1 atom stereocenters. The first kappa shape index (κ1) is 14.2. The SMILES string of the molecule is OC(CNc1ccc(Cl)cc1Br)CC1CCCC1. The predicted molar refractivity (Wildman–Crippen MR) is 80.2 cm³/mol. The van der Waals surface area contributed by atoms with Crippen LogP contribution in [0.3, 0.4) is 0 Å². The van der Waals surface area contributed by atoms with Gasteiger partial charge in [0.1, 0.15) is 0 Å². The monoisotopic (exact) mass is 331 g/mol. The molecule has 1 fully saturated rings. The Morgan fingerprint density at radius 3 is 2.78 bits per heavy atom. The number of hydrogen-bond acceptors (Lipinski definition) is 2. The van der Waals surface area contributed by atoms with Gasteiger partial charge in [-0.05, 0) is 46.5 Å². The Balaban J connectivity index is 1.79. The maximum atomic E-state index is 10.0. The van der Waals surface area contributed by atoms with Crippen LogP contribution < -0.4 is 5.32 Å². The van der Waals surface area contributed by atoms with E-state index in [9.17, 15) is 5.11 Å². The Hall–Kier alpha value is -0.250. The fourth-order valence-corrected chi connectivity index (χ4v) is 3.40. The van der Waals surface area contributed by atoms with E-state index in [1.54, 1.807) is 0 Å². The van der Waals surface area contributed by atoms with Gasteiger partial charge in [0, 0.05) is 21.7 Å². The van der Waals surface area contributed by atoms with Gasteiger partial charge >= 0.3 is 0 Å². The molecule has 1 saturated carbocycles. The highest BCUT2D eigenvalue weighted by Gasteiger charge is 2.18. The van der Waals surface area contributed by atoms with E-state index in [0.29, 0.717) is 11.6 Å².